The van der Waals surface area contributed by atoms with Gasteiger partial charge in [0, 0.05) is 24.5 Å². The quantitative estimate of drug-likeness (QED) is 0.898. The van der Waals surface area contributed by atoms with Crippen LogP contribution in [-0.4, -0.2) is 29.8 Å². The lowest BCUT2D eigenvalue weighted by atomic mass is 9.61. The lowest BCUT2D eigenvalue weighted by Gasteiger charge is -2.50. The Hall–Kier alpha value is -1.55. The van der Waals surface area contributed by atoms with E-state index in [0.29, 0.717) is 24.4 Å². The summed E-state index contributed by atoms with van der Waals surface area (Å²) >= 11 is 0. The summed E-state index contributed by atoms with van der Waals surface area (Å²) in [6.07, 6.45) is 7.01. The Morgan fingerprint density at radius 3 is 2.87 bits per heavy atom. The third-order valence-corrected chi connectivity index (χ3v) is 5.99. The third kappa shape index (κ3) is 2.85. The van der Waals surface area contributed by atoms with Crippen LogP contribution in [0.1, 0.15) is 37.7 Å². The maximum absolute atomic E-state index is 12.4. The molecule has 4 atom stereocenters. The molecule has 0 radical (unpaired) electrons. The molecule has 1 heterocycles. The van der Waals surface area contributed by atoms with E-state index >= 15 is 0 Å². The number of benzene rings is 1. The van der Waals surface area contributed by atoms with Gasteiger partial charge < -0.3 is 15.2 Å². The van der Waals surface area contributed by atoms with Gasteiger partial charge in [-0.1, -0.05) is 37.8 Å². The number of amides is 1. The topological polar surface area (TPSA) is 58.6 Å². The van der Waals surface area contributed by atoms with Crippen LogP contribution in [0.2, 0.25) is 0 Å². The maximum atomic E-state index is 12.4. The summed E-state index contributed by atoms with van der Waals surface area (Å²) in [7, 11) is 0. The Balaban J connectivity index is 1.41. The number of hydrogen-bond acceptors (Lipinski definition) is 3. The zero-order chi connectivity index (χ0) is 15.8. The second-order valence-electron chi connectivity index (χ2n) is 7.35. The fraction of sp³-hybridized carbons (Fsp3) is 0.632. The Morgan fingerprint density at radius 2 is 2.09 bits per heavy atom. The smallest absolute Gasteiger partial charge is 0.224 e. The van der Waals surface area contributed by atoms with Crippen molar-refractivity contribution in [1.29, 1.82) is 0 Å². The number of ether oxygens (including phenoxy) is 1. The molecular weight excluding hydrogens is 290 g/mol. The molecule has 124 valence electrons. The van der Waals surface area contributed by atoms with E-state index in [0.717, 1.165) is 24.5 Å². The molecule has 2 N–H and O–H groups in total. The van der Waals surface area contributed by atoms with E-state index in [-0.39, 0.29) is 17.7 Å². The maximum Gasteiger partial charge on any atom is 0.224 e. The van der Waals surface area contributed by atoms with Crippen LogP contribution in [0.4, 0.5) is 0 Å². The summed E-state index contributed by atoms with van der Waals surface area (Å²) in [4.78, 5) is 12.4. The standard InChI is InChI=1S/C19H25NO3/c21-14-7-3-4-12(10-14)11-16(22)20-18-15-8-9-23-19(15)17(18)13-5-1-2-6-13/h3-4,7,10,13,15,17-19,21H,1-2,5-6,8-9,11H2,(H,20,22)/t15-,17+,18+,19-/m0/s1. The van der Waals surface area contributed by atoms with Crippen LogP contribution in [-0.2, 0) is 16.0 Å². The Bertz CT molecular complexity index is 577. The predicted molar refractivity (Wildman–Crippen MR) is 87.0 cm³/mol. The molecule has 23 heavy (non-hydrogen) atoms. The number of carbonyl (C=O) groups excluding carboxylic acids is 1. The number of carbonyl (C=O) groups is 1. The lowest BCUT2D eigenvalue weighted by molar-refractivity contribution is -0.129. The molecular formula is C19H25NO3. The first-order valence-electron chi connectivity index (χ1n) is 8.91. The lowest BCUT2D eigenvalue weighted by Crippen LogP contribution is -2.63. The summed E-state index contributed by atoms with van der Waals surface area (Å²) < 4.78 is 5.94. The summed E-state index contributed by atoms with van der Waals surface area (Å²) in [5.74, 6) is 2.02. The van der Waals surface area contributed by atoms with E-state index < -0.39 is 0 Å². The van der Waals surface area contributed by atoms with Crippen molar-refractivity contribution in [2.24, 2.45) is 17.8 Å². The molecule has 4 heteroatoms. The molecule has 1 aromatic carbocycles. The van der Waals surface area contributed by atoms with Crippen LogP contribution in [0.15, 0.2) is 24.3 Å². The van der Waals surface area contributed by atoms with Crippen molar-refractivity contribution in [1.82, 2.24) is 5.32 Å². The van der Waals surface area contributed by atoms with E-state index in [9.17, 15) is 9.90 Å². The van der Waals surface area contributed by atoms with Crippen molar-refractivity contribution in [3.63, 3.8) is 0 Å². The molecule has 0 aromatic heterocycles. The van der Waals surface area contributed by atoms with E-state index in [1.54, 1.807) is 18.2 Å². The predicted octanol–water partition coefficient (Wildman–Crippen LogP) is 2.64. The summed E-state index contributed by atoms with van der Waals surface area (Å²) in [6.45, 7) is 0.845. The Morgan fingerprint density at radius 1 is 1.26 bits per heavy atom. The van der Waals surface area contributed by atoms with Crippen LogP contribution < -0.4 is 5.32 Å². The monoisotopic (exact) mass is 315 g/mol. The fourth-order valence-corrected chi connectivity index (χ4v) is 4.95. The highest BCUT2D eigenvalue weighted by Crippen LogP contribution is 2.51. The van der Waals surface area contributed by atoms with Gasteiger partial charge in [-0.15, -0.1) is 0 Å². The second kappa shape index (κ2) is 6.16. The van der Waals surface area contributed by atoms with Gasteiger partial charge in [-0.3, -0.25) is 4.79 Å². The molecule has 0 unspecified atom stereocenters. The number of phenolic OH excluding ortho intramolecular Hbond substituents is 1. The highest BCUT2D eigenvalue weighted by atomic mass is 16.5. The zero-order valence-electron chi connectivity index (χ0n) is 13.4. The first-order chi connectivity index (χ1) is 11.2. The number of fused-ring (bicyclic) bond motifs is 1. The highest BCUT2D eigenvalue weighted by Gasteiger charge is 2.56. The van der Waals surface area contributed by atoms with Gasteiger partial charge in [-0.25, -0.2) is 0 Å². The molecule has 0 bridgehead atoms. The average Bonchev–Trinajstić information content (AvgIpc) is 3.16. The molecule has 3 aliphatic rings. The molecule has 3 fully saturated rings. The number of hydrogen-bond donors (Lipinski definition) is 2. The molecule has 2 saturated carbocycles. The largest absolute Gasteiger partial charge is 0.508 e. The van der Waals surface area contributed by atoms with Crippen LogP contribution in [0, 0.1) is 17.8 Å². The summed E-state index contributed by atoms with van der Waals surface area (Å²) in [5.41, 5.74) is 0.860. The summed E-state index contributed by atoms with van der Waals surface area (Å²) in [6, 6.07) is 7.25. The van der Waals surface area contributed by atoms with Gasteiger partial charge in [0.25, 0.3) is 0 Å². The first kappa shape index (κ1) is 15.0. The van der Waals surface area contributed by atoms with Gasteiger partial charge in [0.05, 0.1) is 12.5 Å². The van der Waals surface area contributed by atoms with Crippen LogP contribution in [0.3, 0.4) is 0 Å². The number of aromatic hydroxyl groups is 1. The van der Waals surface area contributed by atoms with Crippen molar-refractivity contribution in [3.05, 3.63) is 29.8 Å². The van der Waals surface area contributed by atoms with E-state index in [2.05, 4.69) is 5.32 Å². The highest BCUT2D eigenvalue weighted by molar-refractivity contribution is 5.79. The summed E-state index contributed by atoms with van der Waals surface area (Å²) in [5, 5.41) is 12.8. The SMILES string of the molecule is O=C(Cc1cccc(O)c1)N[C@@H]1[C@@H]2CCO[C@@H]2[C@@H]1C1CCCC1. The van der Waals surface area contributed by atoms with Gasteiger partial charge in [-0.2, -0.15) is 0 Å². The van der Waals surface area contributed by atoms with Crippen molar-refractivity contribution in [2.45, 2.75) is 50.7 Å². The van der Waals surface area contributed by atoms with Gasteiger partial charge in [0.15, 0.2) is 0 Å². The minimum atomic E-state index is 0.0638. The van der Waals surface area contributed by atoms with Gasteiger partial charge in [-0.05, 0) is 30.0 Å². The molecule has 4 rings (SSSR count). The molecule has 0 spiro atoms. The Labute approximate surface area is 137 Å². The van der Waals surface area contributed by atoms with E-state index in [1.807, 2.05) is 6.07 Å². The van der Waals surface area contributed by atoms with Crippen molar-refractivity contribution in [2.75, 3.05) is 6.61 Å². The minimum absolute atomic E-state index is 0.0638. The van der Waals surface area contributed by atoms with Gasteiger partial charge >= 0.3 is 0 Å². The molecule has 1 amide bonds. The molecule has 1 aromatic rings. The van der Waals surface area contributed by atoms with Crippen LogP contribution in [0.25, 0.3) is 0 Å². The number of nitrogens with one attached hydrogen (secondary N) is 1. The molecule has 4 nitrogen and oxygen atoms in total. The van der Waals surface area contributed by atoms with Crippen molar-refractivity contribution in [3.8, 4) is 5.75 Å². The Kier molecular flexibility index (Phi) is 4.02. The van der Waals surface area contributed by atoms with Crippen molar-refractivity contribution >= 4 is 5.91 Å². The van der Waals surface area contributed by atoms with Crippen LogP contribution >= 0.6 is 0 Å². The number of rotatable bonds is 4. The molecule has 2 aliphatic carbocycles. The number of phenols is 1. The average molecular weight is 315 g/mol. The van der Waals surface area contributed by atoms with E-state index in [1.165, 1.54) is 25.7 Å². The first-order valence-corrected chi connectivity index (χ1v) is 8.91. The zero-order valence-corrected chi connectivity index (χ0v) is 13.4. The second-order valence-corrected chi connectivity index (χ2v) is 7.35. The van der Waals surface area contributed by atoms with Crippen LogP contribution in [0.5, 0.6) is 5.75 Å². The minimum Gasteiger partial charge on any atom is -0.508 e. The van der Waals surface area contributed by atoms with Gasteiger partial charge in [0.1, 0.15) is 5.75 Å². The van der Waals surface area contributed by atoms with E-state index in [4.69, 9.17) is 4.74 Å². The fourth-order valence-electron chi connectivity index (χ4n) is 4.95. The normalized spacial score (nSPS) is 33.2. The third-order valence-electron chi connectivity index (χ3n) is 5.99. The van der Waals surface area contributed by atoms with Crippen molar-refractivity contribution < 1.29 is 14.6 Å². The van der Waals surface area contributed by atoms with Gasteiger partial charge in [0.2, 0.25) is 5.91 Å². The molecule has 1 aliphatic heterocycles. The molecule has 1 saturated heterocycles.